The first-order chi connectivity index (χ1) is 9.61. The molecule has 0 radical (unpaired) electrons. The molecule has 2 amide bonds. The molecule has 1 aromatic heterocycles. The number of nitrogens with one attached hydrogen (secondary N) is 1. The van der Waals surface area contributed by atoms with Crippen molar-refractivity contribution < 1.29 is 14.4 Å². The van der Waals surface area contributed by atoms with E-state index in [4.69, 9.17) is 0 Å². The molecule has 2 heterocycles. The number of fused-ring (bicyclic) bond motifs is 1. The molecule has 102 valence electrons. The number of hydrogen-bond donors (Lipinski definition) is 1. The number of aryl methyl sites for hydroxylation is 1. The van der Waals surface area contributed by atoms with Crippen LogP contribution < -0.4 is 5.32 Å². The molecule has 0 spiro atoms. The van der Waals surface area contributed by atoms with Crippen LogP contribution in [-0.2, 0) is 16.6 Å². The number of nitrogens with zero attached hydrogens (tertiary/aromatic N) is 2. The smallest absolute Gasteiger partial charge is 0.235 e. The second-order valence-electron chi connectivity index (χ2n) is 4.87. The lowest BCUT2D eigenvalue weighted by atomic mass is 9.92. The van der Waals surface area contributed by atoms with Gasteiger partial charge in [0, 0.05) is 24.4 Å². The Balaban J connectivity index is 2.15. The lowest BCUT2D eigenvalue weighted by Crippen LogP contribution is -2.39. The fraction of sp³-hybridized carbons (Fsp3) is 0.286. The first kappa shape index (κ1) is 12.5. The normalized spacial score (nSPS) is 19.1. The summed E-state index contributed by atoms with van der Waals surface area (Å²) in [5, 5.41) is 7.50. The van der Waals surface area contributed by atoms with Gasteiger partial charge < -0.3 is 0 Å². The third-order valence-electron chi connectivity index (χ3n) is 3.62. The molecular formula is C14H13N3O3. The van der Waals surface area contributed by atoms with E-state index >= 15 is 0 Å². The van der Waals surface area contributed by atoms with Gasteiger partial charge in [-0.1, -0.05) is 12.1 Å². The van der Waals surface area contributed by atoms with Gasteiger partial charge in [-0.3, -0.25) is 24.4 Å². The van der Waals surface area contributed by atoms with Crippen LogP contribution in [0.1, 0.15) is 34.8 Å². The molecule has 1 aliphatic heterocycles. The van der Waals surface area contributed by atoms with Crippen LogP contribution in [0, 0.1) is 0 Å². The number of benzene rings is 1. The zero-order valence-corrected chi connectivity index (χ0v) is 10.9. The van der Waals surface area contributed by atoms with Crippen molar-refractivity contribution in [1.82, 2.24) is 15.1 Å². The van der Waals surface area contributed by atoms with Crippen molar-refractivity contribution in [3.8, 4) is 0 Å². The molecule has 2 aromatic rings. The summed E-state index contributed by atoms with van der Waals surface area (Å²) in [7, 11) is 1.74. The van der Waals surface area contributed by atoms with Gasteiger partial charge in [-0.25, -0.2) is 0 Å². The number of imide groups is 1. The number of aldehydes is 1. The van der Waals surface area contributed by atoms with Gasteiger partial charge in [0.15, 0.2) is 6.29 Å². The van der Waals surface area contributed by atoms with E-state index in [0.29, 0.717) is 29.6 Å². The van der Waals surface area contributed by atoms with E-state index in [1.54, 1.807) is 23.9 Å². The lowest BCUT2D eigenvalue weighted by molar-refractivity contribution is -0.134. The second kappa shape index (κ2) is 4.56. The van der Waals surface area contributed by atoms with E-state index < -0.39 is 5.92 Å². The van der Waals surface area contributed by atoms with Crippen molar-refractivity contribution >= 4 is 29.0 Å². The van der Waals surface area contributed by atoms with E-state index in [2.05, 4.69) is 10.4 Å². The maximum atomic E-state index is 12.0. The fourth-order valence-corrected chi connectivity index (χ4v) is 2.70. The van der Waals surface area contributed by atoms with Crippen LogP contribution in [0.3, 0.4) is 0 Å². The number of amides is 2. The first-order valence-electron chi connectivity index (χ1n) is 6.36. The van der Waals surface area contributed by atoms with Crippen LogP contribution in [0.4, 0.5) is 0 Å². The third kappa shape index (κ3) is 1.80. The van der Waals surface area contributed by atoms with Crippen molar-refractivity contribution in [3.05, 3.63) is 29.5 Å². The summed E-state index contributed by atoms with van der Waals surface area (Å²) >= 11 is 0. The summed E-state index contributed by atoms with van der Waals surface area (Å²) in [4.78, 5) is 34.3. The van der Waals surface area contributed by atoms with Gasteiger partial charge >= 0.3 is 0 Å². The molecule has 20 heavy (non-hydrogen) atoms. The van der Waals surface area contributed by atoms with Crippen molar-refractivity contribution in [1.29, 1.82) is 0 Å². The van der Waals surface area contributed by atoms with Gasteiger partial charge in [-0.05, 0) is 12.5 Å². The minimum atomic E-state index is -0.446. The molecule has 1 N–H and O–H groups in total. The fourth-order valence-electron chi connectivity index (χ4n) is 2.70. The van der Waals surface area contributed by atoms with E-state index in [9.17, 15) is 14.4 Å². The van der Waals surface area contributed by atoms with E-state index in [0.717, 1.165) is 11.7 Å². The topological polar surface area (TPSA) is 81.1 Å². The highest BCUT2D eigenvalue weighted by atomic mass is 16.2. The molecule has 1 aliphatic rings. The van der Waals surface area contributed by atoms with Crippen LogP contribution in [0.5, 0.6) is 0 Å². The zero-order valence-electron chi connectivity index (χ0n) is 10.9. The van der Waals surface area contributed by atoms with Gasteiger partial charge in [0.05, 0.1) is 17.1 Å². The van der Waals surface area contributed by atoms with Gasteiger partial charge in [0.25, 0.3) is 0 Å². The summed E-state index contributed by atoms with van der Waals surface area (Å²) in [5.74, 6) is -1.02. The predicted octanol–water partition coefficient (Wildman–Crippen LogP) is 0.906. The number of carbonyl (C=O) groups excluding carboxylic acids is 3. The van der Waals surface area contributed by atoms with Crippen molar-refractivity contribution in [2.75, 3.05) is 0 Å². The molecule has 1 unspecified atom stereocenters. The summed E-state index contributed by atoms with van der Waals surface area (Å²) in [5.41, 5.74) is 1.87. The average molecular weight is 271 g/mol. The molecule has 1 saturated heterocycles. The predicted molar refractivity (Wildman–Crippen MR) is 71.2 cm³/mol. The van der Waals surface area contributed by atoms with Crippen LogP contribution in [0.25, 0.3) is 10.9 Å². The van der Waals surface area contributed by atoms with Crippen LogP contribution in [0.2, 0.25) is 0 Å². The van der Waals surface area contributed by atoms with Crippen LogP contribution in [-0.4, -0.2) is 27.9 Å². The highest BCUT2D eigenvalue weighted by Crippen LogP contribution is 2.31. The number of rotatable bonds is 2. The quantitative estimate of drug-likeness (QED) is 0.650. The Morgan fingerprint density at radius 1 is 1.40 bits per heavy atom. The van der Waals surface area contributed by atoms with Crippen molar-refractivity contribution in [2.24, 2.45) is 7.05 Å². The molecule has 0 saturated carbocycles. The average Bonchev–Trinajstić information content (AvgIpc) is 2.76. The number of aromatic nitrogens is 2. The van der Waals surface area contributed by atoms with Crippen molar-refractivity contribution in [3.63, 3.8) is 0 Å². The monoisotopic (exact) mass is 271 g/mol. The summed E-state index contributed by atoms with van der Waals surface area (Å²) in [6.07, 6.45) is 1.53. The minimum absolute atomic E-state index is 0.250. The Bertz CT molecular complexity index is 733. The Morgan fingerprint density at radius 2 is 2.20 bits per heavy atom. The molecule has 1 fully saturated rings. The molecule has 3 rings (SSSR count). The molecule has 0 bridgehead atoms. The van der Waals surface area contributed by atoms with Gasteiger partial charge in [0.2, 0.25) is 11.8 Å². The first-order valence-corrected chi connectivity index (χ1v) is 6.36. The number of carbonyl (C=O) groups is 3. The molecule has 1 atom stereocenters. The maximum Gasteiger partial charge on any atom is 0.235 e. The zero-order chi connectivity index (χ0) is 14.3. The van der Waals surface area contributed by atoms with Crippen molar-refractivity contribution in [2.45, 2.75) is 18.8 Å². The minimum Gasteiger partial charge on any atom is -0.298 e. The van der Waals surface area contributed by atoms with E-state index in [1.165, 1.54) is 0 Å². The highest BCUT2D eigenvalue weighted by Gasteiger charge is 2.31. The van der Waals surface area contributed by atoms with E-state index in [-0.39, 0.29) is 11.8 Å². The number of para-hydroxylation sites is 1. The summed E-state index contributed by atoms with van der Waals surface area (Å²) in [6, 6.07) is 5.32. The van der Waals surface area contributed by atoms with Crippen LogP contribution in [0.15, 0.2) is 18.2 Å². The second-order valence-corrected chi connectivity index (χ2v) is 4.87. The Labute approximate surface area is 114 Å². The Kier molecular flexibility index (Phi) is 2.85. The Morgan fingerprint density at radius 3 is 2.90 bits per heavy atom. The molecular weight excluding hydrogens is 258 g/mol. The van der Waals surface area contributed by atoms with Gasteiger partial charge in [0.1, 0.15) is 0 Å². The molecule has 6 nitrogen and oxygen atoms in total. The SMILES string of the molecule is Cn1nc(C2CCC(=O)NC2=O)c2cccc(C=O)c21. The van der Waals surface area contributed by atoms with Gasteiger partial charge in [-0.15, -0.1) is 0 Å². The largest absolute Gasteiger partial charge is 0.298 e. The summed E-state index contributed by atoms with van der Waals surface area (Å²) in [6.45, 7) is 0. The number of piperidine rings is 1. The van der Waals surface area contributed by atoms with E-state index in [1.807, 2.05) is 6.07 Å². The molecule has 1 aromatic carbocycles. The standard InChI is InChI=1S/C14H13N3O3/c1-17-13-8(7-18)3-2-4-9(13)12(16-17)10-5-6-11(19)15-14(10)20/h2-4,7,10H,5-6H2,1H3,(H,15,19,20). The maximum absolute atomic E-state index is 12.0. The molecule has 0 aliphatic carbocycles. The third-order valence-corrected chi connectivity index (χ3v) is 3.62. The lowest BCUT2D eigenvalue weighted by Gasteiger charge is -2.19. The highest BCUT2D eigenvalue weighted by molar-refractivity contribution is 6.04. The summed E-state index contributed by atoms with van der Waals surface area (Å²) < 4.78 is 1.61. The molecule has 6 heteroatoms. The van der Waals surface area contributed by atoms with Gasteiger partial charge in [-0.2, -0.15) is 5.10 Å². The Hall–Kier alpha value is -2.50. The van der Waals surface area contributed by atoms with Crippen LogP contribution >= 0.6 is 0 Å². The number of hydrogen-bond acceptors (Lipinski definition) is 4.